The summed E-state index contributed by atoms with van der Waals surface area (Å²) in [5.41, 5.74) is -0.705. The Bertz CT molecular complexity index is 527. The van der Waals surface area contributed by atoms with Crippen LogP contribution in [0.25, 0.3) is 0 Å². The zero-order valence-electron chi connectivity index (χ0n) is 13.2. The number of hydrogen-bond acceptors (Lipinski definition) is 2. The molecule has 0 radical (unpaired) electrons. The first-order chi connectivity index (χ1) is 10.8. The molecule has 1 atom stereocenters. The number of nitrogens with zero attached hydrogens (tertiary/aromatic N) is 1. The highest BCUT2D eigenvalue weighted by Crippen LogP contribution is 2.34. The van der Waals surface area contributed by atoms with Gasteiger partial charge in [-0.1, -0.05) is 13.8 Å². The fourth-order valence-electron chi connectivity index (χ4n) is 2.91. The summed E-state index contributed by atoms with van der Waals surface area (Å²) in [6, 6.07) is -0.816. The SMILES string of the molecule is CC(C)CC[C@@H](c1c(F)c(F)c(F)c(F)c1F)N1CCNCC1. The first kappa shape index (κ1) is 18.1. The topological polar surface area (TPSA) is 15.3 Å². The van der Waals surface area contributed by atoms with E-state index >= 15 is 0 Å². The molecule has 2 nitrogen and oxygen atoms in total. The first-order valence-electron chi connectivity index (χ1n) is 7.80. The Balaban J connectivity index is 2.45. The van der Waals surface area contributed by atoms with E-state index in [2.05, 4.69) is 5.32 Å². The fourth-order valence-corrected chi connectivity index (χ4v) is 2.91. The molecule has 130 valence electrons. The highest BCUT2D eigenvalue weighted by molar-refractivity contribution is 5.27. The average molecular weight is 336 g/mol. The number of hydrogen-bond donors (Lipinski definition) is 1. The van der Waals surface area contributed by atoms with E-state index in [0.29, 0.717) is 39.0 Å². The Labute approximate surface area is 132 Å². The van der Waals surface area contributed by atoms with Gasteiger partial charge in [-0.05, 0) is 18.8 Å². The summed E-state index contributed by atoms with van der Waals surface area (Å²) in [6.45, 7) is 6.15. The zero-order chi connectivity index (χ0) is 17.1. The number of rotatable bonds is 5. The van der Waals surface area contributed by atoms with Crippen molar-refractivity contribution in [1.29, 1.82) is 0 Å². The van der Waals surface area contributed by atoms with Crippen LogP contribution in [0.4, 0.5) is 22.0 Å². The van der Waals surface area contributed by atoms with Gasteiger partial charge in [-0.15, -0.1) is 0 Å². The van der Waals surface area contributed by atoms with Crippen LogP contribution in [0, 0.1) is 35.0 Å². The van der Waals surface area contributed by atoms with Crippen molar-refractivity contribution in [3.8, 4) is 0 Å². The maximum absolute atomic E-state index is 14.2. The minimum absolute atomic E-state index is 0.265. The van der Waals surface area contributed by atoms with Gasteiger partial charge < -0.3 is 5.32 Å². The fraction of sp³-hybridized carbons (Fsp3) is 0.625. The molecule has 0 unspecified atom stereocenters. The van der Waals surface area contributed by atoms with E-state index < -0.39 is 40.7 Å². The van der Waals surface area contributed by atoms with Gasteiger partial charge in [0.05, 0.1) is 0 Å². The van der Waals surface area contributed by atoms with Crippen molar-refractivity contribution in [3.05, 3.63) is 34.6 Å². The number of benzene rings is 1. The summed E-state index contributed by atoms with van der Waals surface area (Å²) in [5, 5.41) is 3.11. The highest BCUT2D eigenvalue weighted by atomic mass is 19.2. The predicted molar refractivity (Wildman–Crippen MR) is 77.5 cm³/mol. The molecule has 0 bridgehead atoms. The molecule has 23 heavy (non-hydrogen) atoms. The van der Waals surface area contributed by atoms with Crippen molar-refractivity contribution in [1.82, 2.24) is 10.2 Å². The Kier molecular flexibility index (Phi) is 5.97. The molecule has 0 amide bonds. The molecule has 2 rings (SSSR count). The highest BCUT2D eigenvalue weighted by Gasteiger charge is 2.33. The van der Waals surface area contributed by atoms with E-state index in [-0.39, 0.29) is 5.92 Å². The van der Waals surface area contributed by atoms with E-state index in [1.807, 2.05) is 13.8 Å². The lowest BCUT2D eigenvalue weighted by Crippen LogP contribution is -2.45. The van der Waals surface area contributed by atoms with Crippen LogP contribution in [0.2, 0.25) is 0 Å². The van der Waals surface area contributed by atoms with E-state index in [1.54, 1.807) is 4.90 Å². The second-order valence-electron chi connectivity index (χ2n) is 6.26. The molecule has 1 fully saturated rings. The van der Waals surface area contributed by atoms with Crippen LogP contribution in [0.15, 0.2) is 0 Å². The van der Waals surface area contributed by atoms with Gasteiger partial charge in [0, 0.05) is 37.8 Å². The van der Waals surface area contributed by atoms with Gasteiger partial charge in [-0.2, -0.15) is 0 Å². The average Bonchev–Trinajstić information content (AvgIpc) is 2.54. The number of nitrogens with one attached hydrogen (secondary N) is 1. The van der Waals surface area contributed by atoms with E-state index in [1.165, 1.54) is 0 Å². The standard InChI is InChI=1S/C16H21F5N2/c1-9(2)3-4-10(23-7-5-22-6-8-23)11-12(17)14(19)16(21)15(20)13(11)18/h9-10,22H,3-8H2,1-2H3/t10-/m0/s1. The number of halogens is 5. The number of piperazine rings is 1. The zero-order valence-corrected chi connectivity index (χ0v) is 13.2. The summed E-state index contributed by atoms with van der Waals surface area (Å²) in [4.78, 5) is 1.79. The van der Waals surface area contributed by atoms with Gasteiger partial charge in [0.25, 0.3) is 0 Å². The molecule has 0 spiro atoms. The van der Waals surface area contributed by atoms with Gasteiger partial charge in [-0.25, -0.2) is 22.0 Å². The minimum atomic E-state index is -2.10. The third-order valence-corrected chi connectivity index (χ3v) is 4.19. The molecule has 1 aliphatic rings. The molecule has 0 saturated carbocycles. The van der Waals surface area contributed by atoms with Gasteiger partial charge in [0.1, 0.15) is 0 Å². The molecule has 1 N–H and O–H groups in total. The lowest BCUT2D eigenvalue weighted by atomic mass is 9.94. The molecule has 1 aliphatic heterocycles. The van der Waals surface area contributed by atoms with Gasteiger partial charge in [-0.3, -0.25) is 4.90 Å². The monoisotopic (exact) mass is 336 g/mol. The van der Waals surface area contributed by atoms with Crippen LogP contribution in [0.1, 0.15) is 38.3 Å². The molecular weight excluding hydrogens is 315 g/mol. The largest absolute Gasteiger partial charge is 0.314 e. The van der Waals surface area contributed by atoms with Crippen LogP contribution >= 0.6 is 0 Å². The van der Waals surface area contributed by atoms with Crippen molar-refractivity contribution >= 4 is 0 Å². The van der Waals surface area contributed by atoms with Crippen molar-refractivity contribution in [2.24, 2.45) is 5.92 Å². The molecular formula is C16H21F5N2. The van der Waals surface area contributed by atoms with Crippen LogP contribution in [-0.4, -0.2) is 31.1 Å². The molecule has 1 heterocycles. The second kappa shape index (κ2) is 7.57. The van der Waals surface area contributed by atoms with E-state index in [4.69, 9.17) is 0 Å². The lowest BCUT2D eigenvalue weighted by molar-refractivity contribution is 0.150. The van der Waals surface area contributed by atoms with Crippen LogP contribution < -0.4 is 5.32 Å². The maximum atomic E-state index is 14.2. The van der Waals surface area contributed by atoms with E-state index in [9.17, 15) is 22.0 Å². The molecule has 1 saturated heterocycles. The molecule has 0 aromatic heterocycles. The van der Waals surface area contributed by atoms with Crippen LogP contribution in [0.5, 0.6) is 0 Å². The molecule has 1 aromatic carbocycles. The minimum Gasteiger partial charge on any atom is -0.314 e. The smallest absolute Gasteiger partial charge is 0.200 e. The quantitative estimate of drug-likeness (QED) is 0.500. The van der Waals surface area contributed by atoms with Gasteiger partial charge in [0.2, 0.25) is 5.82 Å². The predicted octanol–water partition coefficient (Wildman–Crippen LogP) is 3.76. The van der Waals surface area contributed by atoms with Crippen LogP contribution in [-0.2, 0) is 0 Å². The van der Waals surface area contributed by atoms with Crippen molar-refractivity contribution in [2.75, 3.05) is 26.2 Å². The Morgan fingerprint density at radius 3 is 1.78 bits per heavy atom. The first-order valence-corrected chi connectivity index (χ1v) is 7.80. The maximum Gasteiger partial charge on any atom is 0.200 e. The summed E-state index contributed by atoms with van der Waals surface area (Å²) in [5.74, 6) is -9.01. The molecule has 7 heteroatoms. The van der Waals surface area contributed by atoms with Gasteiger partial charge in [0.15, 0.2) is 23.3 Å². The van der Waals surface area contributed by atoms with Crippen molar-refractivity contribution < 1.29 is 22.0 Å². The van der Waals surface area contributed by atoms with E-state index in [0.717, 1.165) is 0 Å². The summed E-state index contributed by atoms with van der Waals surface area (Å²) >= 11 is 0. The third kappa shape index (κ3) is 3.83. The Hall–Kier alpha value is -1.21. The summed E-state index contributed by atoms with van der Waals surface area (Å²) < 4.78 is 68.7. The van der Waals surface area contributed by atoms with Crippen molar-refractivity contribution in [3.63, 3.8) is 0 Å². The van der Waals surface area contributed by atoms with Crippen LogP contribution in [0.3, 0.4) is 0 Å². The molecule has 1 aromatic rings. The lowest BCUT2D eigenvalue weighted by Gasteiger charge is -2.36. The summed E-state index contributed by atoms with van der Waals surface area (Å²) in [6.07, 6.45) is 0.976. The van der Waals surface area contributed by atoms with Gasteiger partial charge >= 0.3 is 0 Å². The molecule has 0 aliphatic carbocycles. The Morgan fingerprint density at radius 1 is 0.826 bits per heavy atom. The third-order valence-electron chi connectivity index (χ3n) is 4.19. The van der Waals surface area contributed by atoms with Crippen molar-refractivity contribution in [2.45, 2.75) is 32.7 Å². The summed E-state index contributed by atoms with van der Waals surface area (Å²) in [7, 11) is 0. The second-order valence-corrected chi connectivity index (χ2v) is 6.26. The normalized spacial score (nSPS) is 17.7. The Morgan fingerprint density at radius 2 is 1.30 bits per heavy atom.